The van der Waals surface area contributed by atoms with Crippen LogP contribution in [0.1, 0.15) is 34.8 Å². The molecule has 4 rings (SSSR count). The summed E-state index contributed by atoms with van der Waals surface area (Å²) in [6.07, 6.45) is 5.41. The molecule has 1 aliphatic carbocycles. The number of hydrogen-bond acceptors (Lipinski definition) is 4. The molecule has 0 radical (unpaired) electrons. The van der Waals surface area contributed by atoms with Crippen molar-refractivity contribution in [3.05, 3.63) is 71.6 Å². The monoisotopic (exact) mass is 412 g/mol. The van der Waals surface area contributed by atoms with Crippen LogP contribution in [0.25, 0.3) is 11.1 Å². The number of carbonyl (C=O) groups excluding carboxylic acids is 1. The Balaban J connectivity index is 1.59. The maximum absolute atomic E-state index is 14.4. The van der Waals surface area contributed by atoms with Gasteiger partial charge in [0.1, 0.15) is 17.4 Å². The second kappa shape index (κ2) is 8.62. The number of aromatic nitrogens is 2. The van der Waals surface area contributed by atoms with Crippen LogP contribution in [-0.4, -0.2) is 35.8 Å². The molecule has 1 aliphatic rings. The number of carbonyl (C=O) groups is 1. The lowest BCUT2D eigenvalue weighted by Crippen LogP contribution is -2.37. The van der Waals surface area contributed by atoms with Crippen molar-refractivity contribution >= 4 is 5.91 Å². The Hall–Kier alpha value is -3.26. The van der Waals surface area contributed by atoms with Crippen molar-refractivity contribution in [3.8, 4) is 16.9 Å². The van der Waals surface area contributed by atoms with E-state index in [1.807, 2.05) is 0 Å². The van der Waals surface area contributed by atoms with E-state index in [9.17, 15) is 13.6 Å². The second-order valence-electron chi connectivity index (χ2n) is 7.25. The molecule has 1 heterocycles. The third-order valence-corrected chi connectivity index (χ3v) is 5.11. The van der Waals surface area contributed by atoms with Crippen LogP contribution in [0.2, 0.25) is 0 Å². The number of ether oxygens (including phenoxy) is 1. The van der Waals surface area contributed by atoms with E-state index in [2.05, 4.69) is 20.8 Å². The van der Waals surface area contributed by atoms with E-state index >= 15 is 0 Å². The fourth-order valence-electron chi connectivity index (χ4n) is 3.35. The van der Waals surface area contributed by atoms with Gasteiger partial charge in [0.2, 0.25) is 0 Å². The number of nitrogens with one attached hydrogen (secondary N) is 3. The maximum Gasteiger partial charge on any atom is 0.251 e. The van der Waals surface area contributed by atoms with Crippen molar-refractivity contribution in [3.63, 3.8) is 0 Å². The molecule has 3 N–H and O–H groups in total. The van der Waals surface area contributed by atoms with E-state index in [1.54, 1.807) is 30.6 Å². The van der Waals surface area contributed by atoms with Gasteiger partial charge in [0.15, 0.2) is 0 Å². The Bertz CT molecular complexity index is 1020. The van der Waals surface area contributed by atoms with Gasteiger partial charge in [-0.2, -0.15) is 5.10 Å². The van der Waals surface area contributed by atoms with Crippen LogP contribution in [0.15, 0.2) is 48.8 Å². The predicted octanol–water partition coefficient (Wildman–Crippen LogP) is 3.59. The Morgan fingerprint density at radius 2 is 2.03 bits per heavy atom. The molecular formula is C22H22F2N4O2. The minimum absolute atomic E-state index is 0.152. The molecule has 1 aromatic heterocycles. The molecule has 3 aromatic rings. The summed E-state index contributed by atoms with van der Waals surface area (Å²) in [4.78, 5) is 12.9. The average Bonchev–Trinajstić information content (AvgIpc) is 3.42. The molecule has 0 bridgehead atoms. The Labute approximate surface area is 172 Å². The topological polar surface area (TPSA) is 79.0 Å². The predicted molar refractivity (Wildman–Crippen MR) is 108 cm³/mol. The lowest BCUT2D eigenvalue weighted by Gasteiger charge is -2.21. The smallest absolute Gasteiger partial charge is 0.251 e. The van der Waals surface area contributed by atoms with Crippen LogP contribution < -0.4 is 15.4 Å². The van der Waals surface area contributed by atoms with E-state index in [0.717, 1.165) is 24.0 Å². The molecule has 1 atom stereocenters. The second-order valence-corrected chi connectivity index (χ2v) is 7.25. The first-order valence-corrected chi connectivity index (χ1v) is 9.72. The van der Waals surface area contributed by atoms with Crippen LogP contribution in [0, 0.1) is 11.6 Å². The number of benzene rings is 2. The average molecular weight is 412 g/mol. The van der Waals surface area contributed by atoms with Crippen LogP contribution in [0.4, 0.5) is 8.78 Å². The molecule has 2 aromatic carbocycles. The molecule has 1 saturated carbocycles. The van der Waals surface area contributed by atoms with Crippen molar-refractivity contribution in [1.82, 2.24) is 20.8 Å². The highest BCUT2D eigenvalue weighted by Gasteiger charge is 2.27. The number of aromatic amines is 1. The van der Waals surface area contributed by atoms with E-state index in [1.165, 1.54) is 25.3 Å². The zero-order valence-corrected chi connectivity index (χ0v) is 16.4. The van der Waals surface area contributed by atoms with Gasteiger partial charge in [-0.1, -0.05) is 6.07 Å². The molecular weight excluding hydrogens is 390 g/mol. The fourth-order valence-corrected chi connectivity index (χ4v) is 3.35. The molecule has 0 saturated heterocycles. The van der Waals surface area contributed by atoms with Gasteiger partial charge in [-0.25, -0.2) is 8.78 Å². The van der Waals surface area contributed by atoms with E-state index in [-0.39, 0.29) is 12.1 Å². The highest BCUT2D eigenvalue weighted by Crippen LogP contribution is 2.30. The number of H-pyrrole nitrogens is 1. The van der Waals surface area contributed by atoms with Crippen LogP contribution >= 0.6 is 0 Å². The molecule has 8 heteroatoms. The SMILES string of the molecule is COc1cc(C(=O)NC(CNC2CC2)c2c(F)cccc2F)ccc1-c1cn[nH]c1. The summed E-state index contributed by atoms with van der Waals surface area (Å²) in [6.45, 7) is 0.235. The number of nitrogens with zero attached hydrogens (tertiary/aromatic N) is 1. The standard InChI is InChI=1S/C22H22F2N4O2/c1-30-20-9-13(5-8-16(20)14-10-26-27-11-14)22(29)28-19(12-25-15-6-7-15)21-17(23)3-2-4-18(21)24/h2-5,8-11,15,19,25H,6-7,12H2,1H3,(H,26,27)(H,28,29). The van der Waals surface area contributed by atoms with E-state index in [0.29, 0.717) is 17.4 Å². The minimum Gasteiger partial charge on any atom is -0.496 e. The summed E-state index contributed by atoms with van der Waals surface area (Å²) in [7, 11) is 1.51. The summed E-state index contributed by atoms with van der Waals surface area (Å²) in [5.74, 6) is -1.33. The van der Waals surface area contributed by atoms with Crippen molar-refractivity contribution in [2.24, 2.45) is 0 Å². The lowest BCUT2D eigenvalue weighted by atomic mass is 10.0. The zero-order valence-electron chi connectivity index (χ0n) is 16.4. The van der Waals surface area contributed by atoms with Gasteiger partial charge < -0.3 is 15.4 Å². The summed E-state index contributed by atoms with van der Waals surface area (Å²) in [5, 5.41) is 12.7. The number of rotatable bonds is 8. The quantitative estimate of drug-likeness (QED) is 0.528. The summed E-state index contributed by atoms with van der Waals surface area (Å²) < 4.78 is 34.2. The molecule has 30 heavy (non-hydrogen) atoms. The van der Waals surface area contributed by atoms with E-state index < -0.39 is 23.6 Å². The Morgan fingerprint density at radius 1 is 1.27 bits per heavy atom. The number of hydrogen-bond donors (Lipinski definition) is 3. The van der Waals surface area contributed by atoms with Gasteiger partial charge in [0, 0.05) is 41.0 Å². The third kappa shape index (κ3) is 4.33. The first-order valence-electron chi connectivity index (χ1n) is 9.72. The van der Waals surface area contributed by atoms with Crippen molar-refractivity contribution in [2.45, 2.75) is 24.9 Å². The molecule has 0 aliphatic heterocycles. The Morgan fingerprint density at radius 3 is 2.67 bits per heavy atom. The van der Waals surface area contributed by atoms with Gasteiger partial charge in [0.05, 0.1) is 19.3 Å². The van der Waals surface area contributed by atoms with Crippen molar-refractivity contribution < 1.29 is 18.3 Å². The number of methoxy groups -OCH3 is 1. The van der Waals surface area contributed by atoms with Gasteiger partial charge in [-0.3, -0.25) is 9.89 Å². The largest absolute Gasteiger partial charge is 0.496 e. The van der Waals surface area contributed by atoms with Gasteiger partial charge in [0.25, 0.3) is 5.91 Å². The van der Waals surface area contributed by atoms with Gasteiger partial charge >= 0.3 is 0 Å². The summed E-state index contributed by atoms with van der Waals surface area (Å²) in [5.41, 5.74) is 1.77. The number of amides is 1. The van der Waals surface area contributed by atoms with E-state index in [4.69, 9.17) is 4.74 Å². The molecule has 1 unspecified atom stereocenters. The van der Waals surface area contributed by atoms with Crippen LogP contribution in [0.3, 0.4) is 0 Å². The maximum atomic E-state index is 14.4. The summed E-state index contributed by atoms with van der Waals surface area (Å²) >= 11 is 0. The van der Waals surface area contributed by atoms with Gasteiger partial charge in [-0.05, 0) is 43.2 Å². The first-order chi connectivity index (χ1) is 14.6. The first kappa shape index (κ1) is 20.0. The third-order valence-electron chi connectivity index (χ3n) is 5.11. The minimum atomic E-state index is -0.848. The molecule has 1 amide bonds. The van der Waals surface area contributed by atoms with Crippen LogP contribution in [0.5, 0.6) is 5.75 Å². The fraction of sp³-hybridized carbons (Fsp3) is 0.273. The Kier molecular flexibility index (Phi) is 5.76. The summed E-state index contributed by atoms with van der Waals surface area (Å²) in [6, 6.07) is 8.16. The van der Waals surface area contributed by atoms with Crippen LogP contribution in [-0.2, 0) is 0 Å². The number of halogens is 2. The van der Waals surface area contributed by atoms with Crippen molar-refractivity contribution in [2.75, 3.05) is 13.7 Å². The van der Waals surface area contributed by atoms with Gasteiger partial charge in [-0.15, -0.1) is 0 Å². The molecule has 1 fully saturated rings. The molecule has 0 spiro atoms. The molecule has 156 valence electrons. The molecule has 6 nitrogen and oxygen atoms in total. The zero-order chi connectivity index (χ0) is 21.1. The normalized spacial score (nSPS) is 14.4. The highest BCUT2D eigenvalue weighted by atomic mass is 19.1. The lowest BCUT2D eigenvalue weighted by molar-refractivity contribution is 0.0934. The highest BCUT2D eigenvalue weighted by molar-refractivity contribution is 5.95. The van der Waals surface area contributed by atoms with Crippen molar-refractivity contribution in [1.29, 1.82) is 0 Å².